The van der Waals surface area contributed by atoms with Crippen LogP contribution in [0.4, 0.5) is 0 Å². The Morgan fingerprint density at radius 1 is 1.35 bits per heavy atom. The first kappa shape index (κ1) is 12.8. The smallest absolute Gasteiger partial charge is 0.239 e. The molecule has 4 heteroatoms. The van der Waals surface area contributed by atoms with Crippen LogP contribution in [0.2, 0.25) is 0 Å². The molecule has 2 rings (SSSR count). The molecular weight excluding hydrogens is 214 g/mol. The van der Waals surface area contributed by atoms with Crippen LogP contribution in [-0.4, -0.2) is 42.0 Å². The summed E-state index contributed by atoms with van der Waals surface area (Å²) < 4.78 is 0. The lowest BCUT2D eigenvalue weighted by Crippen LogP contribution is -2.47. The van der Waals surface area contributed by atoms with E-state index >= 15 is 0 Å². The summed E-state index contributed by atoms with van der Waals surface area (Å²) in [7, 11) is 0. The molecule has 2 aliphatic heterocycles. The van der Waals surface area contributed by atoms with Crippen molar-refractivity contribution in [2.75, 3.05) is 13.1 Å². The highest BCUT2D eigenvalue weighted by atomic mass is 16.2. The van der Waals surface area contributed by atoms with Crippen molar-refractivity contribution < 1.29 is 4.79 Å². The second kappa shape index (κ2) is 5.36. The lowest BCUT2D eigenvalue weighted by Gasteiger charge is -2.27. The minimum Gasteiger partial charge on any atom is -0.340 e. The van der Waals surface area contributed by atoms with Gasteiger partial charge in [-0.15, -0.1) is 0 Å². The van der Waals surface area contributed by atoms with E-state index in [1.54, 1.807) is 0 Å². The predicted octanol–water partition coefficient (Wildman–Crippen LogP) is 0.713. The molecule has 98 valence electrons. The zero-order valence-corrected chi connectivity index (χ0v) is 11.0. The first-order valence-electron chi connectivity index (χ1n) is 6.86. The maximum atomic E-state index is 12.2. The number of hydrogen-bond donors (Lipinski definition) is 2. The number of nitrogens with one attached hydrogen (secondary N) is 1. The highest BCUT2D eigenvalue weighted by molar-refractivity contribution is 5.81. The SMILES string of the molecule is CC(C)C[C@H](N)C(=O)N1CCC2CCC(C1)N2. The standard InChI is InChI=1S/C13H25N3O/c1-9(2)7-12(14)13(17)16-6-5-10-3-4-11(8-16)15-10/h9-12,15H,3-8,14H2,1-2H3/t10?,11?,12-/m0/s1. The fourth-order valence-electron chi connectivity index (χ4n) is 2.99. The van der Waals surface area contributed by atoms with Crippen molar-refractivity contribution in [2.45, 2.75) is 57.7 Å². The van der Waals surface area contributed by atoms with Gasteiger partial charge in [-0.2, -0.15) is 0 Å². The lowest BCUT2D eigenvalue weighted by molar-refractivity contribution is -0.133. The van der Waals surface area contributed by atoms with Gasteiger partial charge in [-0.3, -0.25) is 4.79 Å². The average Bonchev–Trinajstić information content (AvgIpc) is 2.56. The largest absolute Gasteiger partial charge is 0.340 e. The molecule has 0 saturated carbocycles. The fourth-order valence-corrected chi connectivity index (χ4v) is 2.99. The topological polar surface area (TPSA) is 58.4 Å². The van der Waals surface area contributed by atoms with E-state index in [2.05, 4.69) is 19.2 Å². The van der Waals surface area contributed by atoms with Gasteiger partial charge in [0.05, 0.1) is 6.04 Å². The molecule has 0 aliphatic carbocycles. The third-order valence-corrected chi connectivity index (χ3v) is 3.88. The van der Waals surface area contributed by atoms with E-state index in [0.29, 0.717) is 18.0 Å². The number of likely N-dealkylation sites (tertiary alicyclic amines) is 1. The van der Waals surface area contributed by atoms with Crippen molar-refractivity contribution >= 4 is 5.91 Å². The zero-order chi connectivity index (χ0) is 12.4. The monoisotopic (exact) mass is 239 g/mol. The van der Waals surface area contributed by atoms with Gasteiger partial charge in [0.1, 0.15) is 0 Å². The van der Waals surface area contributed by atoms with Crippen LogP contribution in [0.15, 0.2) is 0 Å². The average molecular weight is 239 g/mol. The van der Waals surface area contributed by atoms with Gasteiger partial charge in [0.25, 0.3) is 0 Å². The second-order valence-electron chi connectivity index (χ2n) is 5.95. The van der Waals surface area contributed by atoms with Crippen molar-refractivity contribution in [1.82, 2.24) is 10.2 Å². The molecule has 0 radical (unpaired) electrons. The van der Waals surface area contributed by atoms with Crippen LogP contribution in [-0.2, 0) is 4.79 Å². The third kappa shape index (κ3) is 3.19. The molecule has 0 aromatic rings. The first-order valence-corrected chi connectivity index (χ1v) is 6.86. The second-order valence-corrected chi connectivity index (χ2v) is 5.95. The van der Waals surface area contributed by atoms with Crippen molar-refractivity contribution in [3.63, 3.8) is 0 Å². The van der Waals surface area contributed by atoms with E-state index in [4.69, 9.17) is 5.73 Å². The van der Waals surface area contributed by atoms with Gasteiger partial charge >= 0.3 is 0 Å². The highest BCUT2D eigenvalue weighted by Crippen LogP contribution is 2.21. The normalized spacial score (nSPS) is 30.5. The summed E-state index contributed by atoms with van der Waals surface area (Å²) in [6.45, 7) is 5.94. The molecule has 3 N–H and O–H groups in total. The van der Waals surface area contributed by atoms with E-state index in [1.165, 1.54) is 12.8 Å². The molecule has 2 bridgehead atoms. The summed E-state index contributed by atoms with van der Waals surface area (Å²) in [6.07, 6.45) is 4.34. The van der Waals surface area contributed by atoms with Gasteiger partial charge in [-0.05, 0) is 31.6 Å². The van der Waals surface area contributed by atoms with Crippen molar-refractivity contribution in [2.24, 2.45) is 11.7 Å². The first-order chi connectivity index (χ1) is 8.06. The number of carbonyl (C=O) groups is 1. The molecule has 0 spiro atoms. The van der Waals surface area contributed by atoms with Crippen LogP contribution < -0.4 is 11.1 Å². The minimum atomic E-state index is -0.313. The molecule has 17 heavy (non-hydrogen) atoms. The van der Waals surface area contributed by atoms with Crippen molar-refractivity contribution in [3.05, 3.63) is 0 Å². The number of hydrogen-bond acceptors (Lipinski definition) is 3. The molecular formula is C13H25N3O. The molecule has 0 aromatic carbocycles. The Hall–Kier alpha value is -0.610. The van der Waals surface area contributed by atoms with Crippen LogP contribution in [0.25, 0.3) is 0 Å². The lowest BCUT2D eigenvalue weighted by atomic mass is 10.0. The maximum absolute atomic E-state index is 12.2. The van der Waals surface area contributed by atoms with Gasteiger partial charge in [0.15, 0.2) is 0 Å². The predicted molar refractivity (Wildman–Crippen MR) is 68.6 cm³/mol. The third-order valence-electron chi connectivity index (χ3n) is 3.88. The Morgan fingerprint density at radius 3 is 2.76 bits per heavy atom. The fraction of sp³-hybridized carbons (Fsp3) is 0.923. The summed E-state index contributed by atoms with van der Waals surface area (Å²) in [4.78, 5) is 14.2. The van der Waals surface area contributed by atoms with Crippen LogP contribution in [0.5, 0.6) is 0 Å². The zero-order valence-electron chi connectivity index (χ0n) is 11.0. The number of amides is 1. The number of rotatable bonds is 3. The summed E-state index contributed by atoms with van der Waals surface area (Å²) in [5.41, 5.74) is 5.99. The van der Waals surface area contributed by atoms with E-state index in [-0.39, 0.29) is 11.9 Å². The molecule has 2 fully saturated rings. The molecule has 4 nitrogen and oxygen atoms in total. The Bertz CT molecular complexity index is 280. The van der Waals surface area contributed by atoms with E-state index in [9.17, 15) is 4.79 Å². The van der Waals surface area contributed by atoms with E-state index < -0.39 is 0 Å². The molecule has 0 aromatic heterocycles. The van der Waals surface area contributed by atoms with Crippen LogP contribution in [0.1, 0.15) is 39.5 Å². The number of nitrogens with zero attached hydrogens (tertiary/aromatic N) is 1. The van der Waals surface area contributed by atoms with Gasteiger partial charge in [-0.25, -0.2) is 0 Å². The summed E-state index contributed by atoms with van der Waals surface area (Å²) in [5, 5.41) is 3.58. The van der Waals surface area contributed by atoms with Gasteiger partial charge in [0, 0.05) is 25.2 Å². The van der Waals surface area contributed by atoms with Crippen molar-refractivity contribution in [3.8, 4) is 0 Å². The maximum Gasteiger partial charge on any atom is 0.239 e. The summed E-state index contributed by atoms with van der Waals surface area (Å²) >= 11 is 0. The van der Waals surface area contributed by atoms with Crippen LogP contribution in [0.3, 0.4) is 0 Å². The molecule has 3 atom stereocenters. The molecule has 2 aliphatic rings. The summed E-state index contributed by atoms with van der Waals surface area (Å²) in [6, 6.07) is 0.809. The van der Waals surface area contributed by atoms with E-state index in [1.807, 2.05) is 4.90 Å². The van der Waals surface area contributed by atoms with Gasteiger partial charge in [-0.1, -0.05) is 13.8 Å². The number of nitrogens with two attached hydrogens (primary N) is 1. The van der Waals surface area contributed by atoms with Gasteiger partial charge in [0.2, 0.25) is 5.91 Å². The molecule has 1 amide bonds. The van der Waals surface area contributed by atoms with Crippen LogP contribution in [0, 0.1) is 5.92 Å². The minimum absolute atomic E-state index is 0.146. The Balaban J connectivity index is 1.90. The Kier molecular flexibility index (Phi) is 4.05. The summed E-state index contributed by atoms with van der Waals surface area (Å²) in [5.74, 6) is 0.628. The van der Waals surface area contributed by atoms with Crippen molar-refractivity contribution in [1.29, 1.82) is 0 Å². The number of fused-ring (bicyclic) bond motifs is 2. The van der Waals surface area contributed by atoms with Gasteiger partial charge < -0.3 is 16.0 Å². The van der Waals surface area contributed by atoms with Crippen LogP contribution >= 0.6 is 0 Å². The molecule has 2 heterocycles. The molecule has 2 unspecified atom stereocenters. The molecule has 2 saturated heterocycles. The van der Waals surface area contributed by atoms with E-state index in [0.717, 1.165) is 25.9 Å². The highest BCUT2D eigenvalue weighted by Gasteiger charge is 2.32. The Labute approximate surface area is 104 Å². The Morgan fingerprint density at radius 2 is 2.06 bits per heavy atom. The quantitative estimate of drug-likeness (QED) is 0.762. The number of carbonyl (C=O) groups excluding carboxylic acids is 1.